The zero-order valence-electron chi connectivity index (χ0n) is 15.3. The number of nitrogens with zero attached hydrogens (tertiary/aromatic N) is 2. The predicted molar refractivity (Wildman–Crippen MR) is 95.1 cm³/mol. The lowest BCUT2D eigenvalue weighted by molar-refractivity contribution is -0.137. The number of rotatable bonds is 3. The highest BCUT2D eigenvalue weighted by Crippen LogP contribution is 2.29. The molecule has 0 atom stereocenters. The molecular weight excluding hydrogens is 418 g/mol. The van der Waals surface area contributed by atoms with E-state index in [1.165, 1.54) is 19.3 Å². The molecule has 1 aromatic carbocycles. The Balaban J connectivity index is 0.000000782. The number of aromatic amines is 2. The Kier molecular flexibility index (Phi) is 5.77. The van der Waals surface area contributed by atoms with Gasteiger partial charge in [-0.05, 0) is 17.7 Å². The average Bonchev–Trinajstić information content (AvgIpc) is 3.44. The van der Waals surface area contributed by atoms with Gasteiger partial charge in [0.2, 0.25) is 0 Å². The highest BCUT2D eigenvalue weighted by Gasteiger charge is 2.32. The van der Waals surface area contributed by atoms with Crippen LogP contribution in [0.4, 0.5) is 26.3 Å². The van der Waals surface area contributed by atoms with E-state index < -0.39 is 46.7 Å². The summed E-state index contributed by atoms with van der Waals surface area (Å²) in [6.45, 7) is -0.244. The molecule has 0 spiro atoms. The maximum atomic E-state index is 12.7. The molecule has 4 rings (SSSR count). The van der Waals surface area contributed by atoms with E-state index in [0.717, 1.165) is 28.9 Å². The van der Waals surface area contributed by atoms with Crippen LogP contribution in [0.3, 0.4) is 0 Å². The van der Waals surface area contributed by atoms with E-state index in [1.54, 1.807) is 0 Å². The maximum absolute atomic E-state index is 12.7. The zero-order valence-corrected chi connectivity index (χ0v) is 15.3. The largest absolute Gasteiger partial charge is 0.416 e. The molecule has 12 heteroatoms. The number of H-pyrrole nitrogens is 2. The summed E-state index contributed by atoms with van der Waals surface area (Å²) in [5, 5.41) is 3.30. The molecule has 0 saturated heterocycles. The highest BCUT2D eigenvalue weighted by atomic mass is 19.4. The van der Waals surface area contributed by atoms with Gasteiger partial charge in [-0.2, -0.15) is 31.4 Å². The van der Waals surface area contributed by atoms with E-state index in [4.69, 9.17) is 0 Å². The first-order valence-corrected chi connectivity index (χ1v) is 8.89. The predicted octanol–water partition coefficient (Wildman–Crippen LogP) is 3.76. The first kappa shape index (κ1) is 21.7. The molecule has 1 fully saturated rings. The Morgan fingerprint density at radius 3 is 2.03 bits per heavy atom. The fourth-order valence-corrected chi connectivity index (χ4v) is 2.58. The lowest BCUT2D eigenvalue weighted by Gasteiger charge is -2.08. The van der Waals surface area contributed by atoms with Gasteiger partial charge in [0, 0.05) is 0 Å². The van der Waals surface area contributed by atoms with Crippen LogP contribution in [0.25, 0.3) is 11.0 Å². The van der Waals surface area contributed by atoms with Crippen molar-refractivity contribution in [3.8, 4) is 0 Å². The van der Waals surface area contributed by atoms with Crippen molar-refractivity contribution in [1.29, 1.82) is 0 Å². The monoisotopic (exact) mass is 434 g/mol. The maximum Gasteiger partial charge on any atom is 0.416 e. The summed E-state index contributed by atoms with van der Waals surface area (Å²) in [7, 11) is 0. The zero-order chi connectivity index (χ0) is 22.1. The molecule has 162 valence electrons. The van der Waals surface area contributed by atoms with Crippen molar-refractivity contribution in [3.63, 3.8) is 0 Å². The van der Waals surface area contributed by atoms with Crippen LogP contribution >= 0.6 is 0 Å². The third kappa shape index (κ3) is 5.51. The third-order valence-electron chi connectivity index (χ3n) is 4.05. The fraction of sp³-hybridized carbons (Fsp3) is 0.389. The van der Waals surface area contributed by atoms with E-state index in [0.29, 0.717) is 0 Å². The fourth-order valence-electron chi connectivity index (χ4n) is 2.58. The van der Waals surface area contributed by atoms with Gasteiger partial charge in [0.1, 0.15) is 11.0 Å². The summed E-state index contributed by atoms with van der Waals surface area (Å²) in [5.74, 6) is 0. The number of alkyl halides is 6. The lowest BCUT2D eigenvalue weighted by atomic mass is 10.1. The van der Waals surface area contributed by atoms with Gasteiger partial charge in [0.25, 0.3) is 5.56 Å². The van der Waals surface area contributed by atoms with E-state index >= 15 is 0 Å². The van der Waals surface area contributed by atoms with Gasteiger partial charge >= 0.3 is 18.0 Å². The molecule has 3 aromatic rings. The van der Waals surface area contributed by atoms with Crippen LogP contribution in [0.2, 0.25) is 0 Å². The second kappa shape index (κ2) is 8.00. The summed E-state index contributed by atoms with van der Waals surface area (Å²) < 4.78 is 76.9. The van der Waals surface area contributed by atoms with E-state index in [1.807, 2.05) is 4.98 Å². The van der Waals surface area contributed by atoms with Gasteiger partial charge < -0.3 is 0 Å². The van der Waals surface area contributed by atoms with Gasteiger partial charge in [0.15, 0.2) is 0 Å². The Morgan fingerprint density at radius 2 is 1.53 bits per heavy atom. The summed E-state index contributed by atoms with van der Waals surface area (Å²) in [5.41, 5.74) is -3.43. The molecule has 0 radical (unpaired) electrons. The van der Waals surface area contributed by atoms with Crippen LogP contribution < -0.4 is 11.2 Å². The van der Waals surface area contributed by atoms with E-state index in [9.17, 15) is 35.9 Å². The van der Waals surface area contributed by atoms with Crippen LogP contribution in [0.1, 0.15) is 36.1 Å². The van der Waals surface area contributed by atoms with Crippen LogP contribution in [-0.2, 0) is 19.1 Å². The van der Waals surface area contributed by atoms with Crippen LogP contribution in [0.15, 0.2) is 33.9 Å². The van der Waals surface area contributed by atoms with Crippen molar-refractivity contribution in [3.05, 3.63) is 61.9 Å². The molecule has 2 aromatic heterocycles. The van der Waals surface area contributed by atoms with Gasteiger partial charge in [-0.1, -0.05) is 31.4 Å². The van der Waals surface area contributed by atoms with E-state index in [-0.39, 0.29) is 17.8 Å². The summed E-state index contributed by atoms with van der Waals surface area (Å²) in [6, 6.07) is 3.89. The quantitative estimate of drug-likeness (QED) is 0.616. The highest BCUT2D eigenvalue weighted by molar-refractivity contribution is 5.77. The minimum Gasteiger partial charge on any atom is -0.292 e. The van der Waals surface area contributed by atoms with Crippen LogP contribution in [0, 0.1) is 0 Å². The molecular formula is C18H16F6N4O2. The average molecular weight is 434 g/mol. The minimum absolute atomic E-state index is 0.244. The molecule has 0 unspecified atom stereocenters. The lowest BCUT2D eigenvalue weighted by Crippen LogP contribution is -2.23. The Morgan fingerprint density at radius 1 is 0.933 bits per heavy atom. The van der Waals surface area contributed by atoms with Crippen molar-refractivity contribution in [2.45, 2.75) is 44.6 Å². The van der Waals surface area contributed by atoms with Crippen molar-refractivity contribution in [1.82, 2.24) is 19.7 Å². The SMILES string of the molecule is C1CC1.O=c1[nH]c(=O)c2c(CC(F)(F)F)nn(Cc3ccc(C(F)(F)F)cc3)c2[nH]1. The summed E-state index contributed by atoms with van der Waals surface area (Å²) in [4.78, 5) is 27.4. The molecule has 0 amide bonds. The van der Waals surface area contributed by atoms with E-state index in [2.05, 4.69) is 10.1 Å². The molecule has 6 nitrogen and oxygen atoms in total. The second-order valence-corrected chi connectivity index (χ2v) is 6.78. The Hall–Kier alpha value is -3.05. The Bertz CT molecular complexity index is 1130. The minimum atomic E-state index is -4.65. The van der Waals surface area contributed by atoms with Crippen molar-refractivity contribution < 1.29 is 26.3 Å². The first-order valence-electron chi connectivity index (χ1n) is 8.89. The van der Waals surface area contributed by atoms with Crippen molar-refractivity contribution >= 4 is 11.0 Å². The number of halogens is 6. The van der Waals surface area contributed by atoms with Crippen LogP contribution in [0.5, 0.6) is 0 Å². The summed E-state index contributed by atoms with van der Waals surface area (Å²) >= 11 is 0. The first-order chi connectivity index (χ1) is 13.9. The topological polar surface area (TPSA) is 83.5 Å². The molecule has 1 aliphatic carbocycles. The normalized spacial score (nSPS) is 13.8. The molecule has 30 heavy (non-hydrogen) atoms. The van der Waals surface area contributed by atoms with Gasteiger partial charge in [-0.25, -0.2) is 9.48 Å². The smallest absolute Gasteiger partial charge is 0.292 e. The second-order valence-electron chi connectivity index (χ2n) is 6.78. The number of nitrogens with one attached hydrogen (secondary N) is 2. The number of fused-ring (bicyclic) bond motifs is 1. The molecule has 2 N–H and O–H groups in total. The van der Waals surface area contributed by atoms with Gasteiger partial charge in [-0.15, -0.1) is 0 Å². The van der Waals surface area contributed by atoms with Crippen molar-refractivity contribution in [2.24, 2.45) is 0 Å². The molecule has 2 heterocycles. The van der Waals surface area contributed by atoms with Gasteiger partial charge in [0.05, 0.1) is 24.2 Å². The van der Waals surface area contributed by atoms with Gasteiger partial charge in [-0.3, -0.25) is 14.8 Å². The standard InChI is InChI=1S/C15H10F6N4O2.C3H6/c16-14(17,18)5-9-10-11(22-13(27)23-12(10)26)25(24-9)6-7-1-3-8(4-2-7)15(19,20)21;1-2-3-1/h1-4H,5-6H2,(H2,22,23,26,27);1-3H2. The van der Waals surface area contributed by atoms with Crippen molar-refractivity contribution in [2.75, 3.05) is 0 Å². The Labute approximate surface area is 164 Å². The summed E-state index contributed by atoms with van der Waals surface area (Å²) in [6.07, 6.45) is -6.18. The molecule has 0 aliphatic heterocycles. The molecule has 0 bridgehead atoms. The molecule has 1 saturated carbocycles. The number of hydrogen-bond acceptors (Lipinski definition) is 3. The molecule has 1 aliphatic rings. The number of benzene rings is 1. The van der Waals surface area contributed by atoms with Crippen LogP contribution in [-0.4, -0.2) is 25.9 Å². The number of aromatic nitrogens is 4. The third-order valence-corrected chi connectivity index (χ3v) is 4.05. The number of hydrogen-bond donors (Lipinski definition) is 2.